The molecule has 1 heteroatoms. The fraction of sp³-hybridized carbons (Fsp3) is 0. The summed E-state index contributed by atoms with van der Waals surface area (Å²) in [7, 11) is 0. The van der Waals surface area contributed by atoms with E-state index in [1.165, 1.54) is 10.5 Å². The third-order valence-corrected chi connectivity index (χ3v) is 2.52. The van der Waals surface area contributed by atoms with Crippen LogP contribution >= 0.6 is 11.8 Å². The molecule has 0 bridgehead atoms. The Morgan fingerprint density at radius 3 is 1.36 bits per heavy atom. The van der Waals surface area contributed by atoms with E-state index < -0.39 is 0 Å². The largest absolute Gasteiger partial charge is 0.144 e. The van der Waals surface area contributed by atoms with Crippen molar-refractivity contribution in [1.82, 2.24) is 0 Å². The molecule has 10 radical (unpaired) electrons. The van der Waals surface area contributed by atoms with E-state index in [1.54, 1.807) is 11.8 Å². The monoisotopic (exact) mass is 160 g/mol. The van der Waals surface area contributed by atoms with Crippen LogP contribution in [0.25, 0.3) is 0 Å². The lowest BCUT2D eigenvalue weighted by Gasteiger charge is -2.11. The molecule has 2 saturated carbocycles. The van der Waals surface area contributed by atoms with Gasteiger partial charge in [0.25, 0.3) is 0 Å². The van der Waals surface area contributed by atoms with Gasteiger partial charge in [-0.25, -0.2) is 0 Å². The summed E-state index contributed by atoms with van der Waals surface area (Å²) in [6.45, 7) is 0. The molecule has 0 aromatic heterocycles. The van der Waals surface area contributed by atoms with E-state index in [1.807, 2.05) is 0 Å². The van der Waals surface area contributed by atoms with Crippen molar-refractivity contribution in [2.24, 2.45) is 0 Å². The number of rotatable bonds is 2. The summed E-state index contributed by atoms with van der Waals surface area (Å²) in [5.41, 5.74) is 0. The lowest BCUT2D eigenvalue weighted by atomic mass is 10.4. The van der Waals surface area contributed by atoms with Crippen molar-refractivity contribution < 1.29 is 0 Å². The molecular weight excluding hydrogens is 152 g/mol. The molecule has 0 aliphatic heterocycles. The van der Waals surface area contributed by atoms with Gasteiger partial charge in [-0.2, -0.15) is 0 Å². The molecule has 0 atom stereocenters. The van der Waals surface area contributed by atoms with Crippen LogP contribution in [0.2, 0.25) is 0 Å². The van der Waals surface area contributed by atoms with Crippen LogP contribution in [0.5, 0.6) is 0 Å². The molecule has 11 heavy (non-hydrogen) atoms. The van der Waals surface area contributed by atoms with Crippen molar-refractivity contribution >= 4 is 11.8 Å². The van der Waals surface area contributed by atoms with E-state index in [-0.39, 0.29) is 0 Å². The van der Waals surface area contributed by atoms with Crippen molar-refractivity contribution in [2.45, 2.75) is 0 Å². The first kappa shape index (κ1) is 7.97. The van der Waals surface area contributed by atoms with E-state index in [0.717, 1.165) is 0 Å². The summed E-state index contributed by atoms with van der Waals surface area (Å²) in [6.07, 6.45) is 16.7. The van der Waals surface area contributed by atoms with Crippen molar-refractivity contribution in [3.05, 3.63) is 61.9 Å². The second-order valence-corrected chi connectivity index (χ2v) is 3.49. The fourth-order valence-electron chi connectivity index (χ4n) is 0.985. The van der Waals surface area contributed by atoms with Gasteiger partial charge in [0, 0.05) is 10.5 Å². The summed E-state index contributed by atoms with van der Waals surface area (Å²) >= 11 is 1.80. The van der Waals surface area contributed by atoms with E-state index in [0.29, 0.717) is 0 Å². The third kappa shape index (κ3) is 2.14. The lowest BCUT2D eigenvalue weighted by Crippen LogP contribution is -1.91. The van der Waals surface area contributed by atoms with Crippen LogP contribution in [0.3, 0.4) is 0 Å². The fourth-order valence-corrected chi connectivity index (χ4v) is 1.84. The van der Waals surface area contributed by atoms with Crippen LogP contribution in [0.15, 0.2) is 0 Å². The van der Waals surface area contributed by atoms with Crippen LogP contribution in [0.1, 0.15) is 0 Å². The highest BCUT2D eigenvalue weighted by Crippen LogP contribution is 2.44. The van der Waals surface area contributed by atoms with Crippen molar-refractivity contribution in [2.75, 3.05) is 0 Å². The zero-order chi connectivity index (χ0) is 7.52. The minimum absolute atomic E-state index is 1.32. The van der Waals surface area contributed by atoms with E-state index in [4.69, 9.17) is 0 Å². The first-order valence-electron chi connectivity index (χ1n) is 3.56. The molecule has 2 rings (SSSR count). The van der Waals surface area contributed by atoms with Crippen molar-refractivity contribution in [3.63, 3.8) is 0 Å². The minimum atomic E-state index is 1.32. The average molecular weight is 160 g/mol. The molecule has 2 fully saturated rings. The van der Waals surface area contributed by atoms with Gasteiger partial charge in [0.1, 0.15) is 0 Å². The molecule has 0 nitrogen and oxygen atoms in total. The molecule has 0 unspecified atom stereocenters. The summed E-state index contributed by atoms with van der Waals surface area (Å²) in [6, 6.07) is 0. The Morgan fingerprint density at radius 1 is 0.636 bits per heavy atom. The molecule has 2 aliphatic carbocycles. The number of hydrogen-bond donors (Lipinski definition) is 0. The average Bonchev–Trinajstić information content (AvgIpc) is 2.60. The Balaban J connectivity index is 1.71. The maximum atomic E-state index is 2.12. The molecular formula is C10H8S. The van der Waals surface area contributed by atoms with Gasteiger partial charge in [-0.15, -0.1) is 11.8 Å². The van der Waals surface area contributed by atoms with Crippen LogP contribution in [0.4, 0.5) is 0 Å². The SMILES string of the molecule is [CH]1[CH][CH][C](S[C]2[CH][CH][CH][CH]2)[CH]1. The van der Waals surface area contributed by atoms with E-state index >= 15 is 0 Å². The molecule has 0 amide bonds. The summed E-state index contributed by atoms with van der Waals surface area (Å²) in [5.74, 6) is 0. The minimum Gasteiger partial charge on any atom is -0.144 e. The molecule has 0 spiro atoms. The van der Waals surface area contributed by atoms with Crippen LogP contribution in [0, 0.1) is 61.9 Å². The van der Waals surface area contributed by atoms with Crippen LogP contribution < -0.4 is 0 Å². The zero-order valence-corrected chi connectivity index (χ0v) is 6.84. The molecule has 0 heterocycles. The highest BCUT2D eigenvalue weighted by Gasteiger charge is 2.25. The predicted molar refractivity (Wildman–Crippen MR) is 48.5 cm³/mol. The second-order valence-electron chi connectivity index (χ2n) is 2.34. The van der Waals surface area contributed by atoms with Gasteiger partial charge < -0.3 is 0 Å². The summed E-state index contributed by atoms with van der Waals surface area (Å²) in [4.78, 5) is 0. The van der Waals surface area contributed by atoms with Gasteiger partial charge in [0.15, 0.2) is 0 Å². The van der Waals surface area contributed by atoms with Gasteiger partial charge in [-0.3, -0.25) is 0 Å². The smallest absolute Gasteiger partial charge is 0.0387 e. The second kappa shape index (κ2) is 3.84. The Hall–Kier alpha value is 0.350. The molecule has 0 N–H and O–H groups in total. The summed E-state index contributed by atoms with van der Waals surface area (Å²) in [5, 5.41) is 2.63. The van der Waals surface area contributed by atoms with Crippen molar-refractivity contribution in [1.29, 1.82) is 0 Å². The van der Waals surface area contributed by atoms with Gasteiger partial charge in [0.05, 0.1) is 0 Å². The lowest BCUT2D eigenvalue weighted by molar-refractivity contribution is 1.48. The predicted octanol–water partition coefficient (Wildman–Crippen LogP) is 2.45. The Labute approximate surface area is 74.1 Å². The van der Waals surface area contributed by atoms with Gasteiger partial charge in [-0.1, -0.05) is 0 Å². The number of thioether (sulfide) groups is 1. The molecule has 2 aliphatic rings. The standard InChI is InChI=1S/C10H8S/c1-2-6-9(5-1)11-10-7-3-4-8-10/h1-8H. The maximum Gasteiger partial charge on any atom is 0.0387 e. The Kier molecular flexibility index (Phi) is 2.78. The third-order valence-electron chi connectivity index (χ3n) is 1.50. The summed E-state index contributed by atoms with van der Waals surface area (Å²) < 4.78 is 0. The molecule has 54 valence electrons. The zero-order valence-electron chi connectivity index (χ0n) is 6.03. The Morgan fingerprint density at radius 2 is 1.00 bits per heavy atom. The van der Waals surface area contributed by atoms with E-state index in [2.05, 4.69) is 51.4 Å². The highest BCUT2D eigenvalue weighted by atomic mass is 32.2. The first-order valence-corrected chi connectivity index (χ1v) is 4.38. The Bertz CT molecular complexity index is 96.0. The van der Waals surface area contributed by atoms with Gasteiger partial charge >= 0.3 is 0 Å². The molecule has 0 aromatic carbocycles. The van der Waals surface area contributed by atoms with Gasteiger partial charge in [-0.05, 0) is 51.4 Å². The highest BCUT2D eigenvalue weighted by molar-refractivity contribution is 8.05. The van der Waals surface area contributed by atoms with Gasteiger partial charge in [0.2, 0.25) is 0 Å². The number of hydrogen-bond acceptors (Lipinski definition) is 1. The van der Waals surface area contributed by atoms with Crippen LogP contribution in [-0.4, -0.2) is 0 Å². The normalized spacial score (nSPS) is 28.4. The molecule has 0 aromatic rings. The quantitative estimate of drug-likeness (QED) is 0.598. The van der Waals surface area contributed by atoms with E-state index in [9.17, 15) is 0 Å². The maximum absolute atomic E-state index is 2.12. The van der Waals surface area contributed by atoms with Crippen molar-refractivity contribution in [3.8, 4) is 0 Å². The topological polar surface area (TPSA) is 0 Å². The first-order chi connectivity index (χ1) is 5.45. The van der Waals surface area contributed by atoms with Crippen LogP contribution in [-0.2, 0) is 0 Å². The molecule has 0 saturated heterocycles.